The molecule has 10 nitrogen and oxygen atoms in total. The SMILES string of the molecule is COc1cc(/C=N/NC(=O)C(=O)Nc2c(C)n(C)n(-c3ccccc3)c2=O)ccc1OCc1ccccc1Cl. The van der Waals surface area contributed by atoms with E-state index < -0.39 is 17.4 Å². The van der Waals surface area contributed by atoms with Crippen LogP contribution in [0, 0.1) is 6.92 Å². The largest absolute Gasteiger partial charge is 0.493 e. The molecular formula is C28H26ClN5O5. The number of hydrogen-bond donors (Lipinski definition) is 2. The van der Waals surface area contributed by atoms with E-state index in [9.17, 15) is 14.4 Å². The fraction of sp³-hybridized carbons (Fsp3) is 0.143. The number of carbonyl (C=O) groups excluding carboxylic acids is 2. The molecule has 2 N–H and O–H groups in total. The van der Waals surface area contributed by atoms with Crippen LogP contribution in [0.3, 0.4) is 0 Å². The third-order valence-electron chi connectivity index (χ3n) is 5.91. The van der Waals surface area contributed by atoms with E-state index in [1.54, 1.807) is 67.2 Å². The maximum Gasteiger partial charge on any atom is 0.329 e. The second-order valence-corrected chi connectivity index (χ2v) is 8.79. The van der Waals surface area contributed by atoms with Gasteiger partial charge in [0.25, 0.3) is 5.56 Å². The van der Waals surface area contributed by atoms with Crippen LogP contribution < -0.4 is 25.8 Å². The number of para-hydroxylation sites is 1. The highest BCUT2D eigenvalue weighted by atomic mass is 35.5. The van der Waals surface area contributed by atoms with Crippen molar-refractivity contribution in [2.24, 2.45) is 12.1 Å². The van der Waals surface area contributed by atoms with Crippen molar-refractivity contribution in [1.29, 1.82) is 0 Å². The van der Waals surface area contributed by atoms with Gasteiger partial charge in [0.05, 0.1) is 24.7 Å². The van der Waals surface area contributed by atoms with Crippen molar-refractivity contribution in [3.63, 3.8) is 0 Å². The number of hydrogen-bond acceptors (Lipinski definition) is 6. The number of hydrazone groups is 1. The molecule has 2 amide bonds. The van der Waals surface area contributed by atoms with Crippen LogP contribution in [0.2, 0.25) is 5.02 Å². The molecule has 0 bridgehead atoms. The first-order valence-corrected chi connectivity index (χ1v) is 12.2. The molecule has 4 aromatic rings. The van der Waals surface area contributed by atoms with Crippen molar-refractivity contribution in [2.75, 3.05) is 12.4 Å². The number of benzene rings is 3. The second kappa shape index (κ2) is 12.1. The fourth-order valence-corrected chi connectivity index (χ4v) is 3.94. The number of carbonyl (C=O) groups is 2. The fourth-order valence-electron chi connectivity index (χ4n) is 3.75. The van der Waals surface area contributed by atoms with Crippen molar-refractivity contribution < 1.29 is 19.1 Å². The monoisotopic (exact) mass is 547 g/mol. The Balaban J connectivity index is 1.39. The van der Waals surface area contributed by atoms with E-state index in [1.807, 2.05) is 24.3 Å². The van der Waals surface area contributed by atoms with Gasteiger partial charge in [-0.2, -0.15) is 5.10 Å². The number of aromatic nitrogens is 2. The number of nitrogens with zero attached hydrogens (tertiary/aromatic N) is 3. The quantitative estimate of drug-likeness (QED) is 0.198. The molecule has 0 spiro atoms. The van der Waals surface area contributed by atoms with E-state index in [2.05, 4.69) is 15.8 Å². The van der Waals surface area contributed by atoms with Crippen molar-refractivity contribution in [1.82, 2.24) is 14.8 Å². The first-order valence-electron chi connectivity index (χ1n) is 11.8. The highest BCUT2D eigenvalue weighted by Crippen LogP contribution is 2.29. The van der Waals surface area contributed by atoms with E-state index in [0.29, 0.717) is 33.5 Å². The van der Waals surface area contributed by atoms with Gasteiger partial charge in [0.2, 0.25) is 0 Å². The molecule has 0 unspecified atom stereocenters. The van der Waals surface area contributed by atoms with Gasteiger partial charge in [0, 0.05) is 17.6 Å². The molecule has 200 valence electrons. The maximum atomic E-state index is 12.9. The zero-order valence-corrected chi connectivity index (χ0v) is 22.2. The molecule has 4 rings (SSSR count). The average Bonchev–Trinajstić information content (AvgIpc) is 3.16. The predicted octanol–water partition coefficient (Wildman–Crippen LogP) is 3.81. The van der Waals surface area contributed by atoms with Crippen LogP contribution in [0.15, 0.2) is 82.7 Å². The molecular weight excluding hydrogens is 522 g/mol. The minimum absolute atomic E-state index is 0.00241. The summed E-state index contributed by atoms with van der Waals surface area (Å²) >= 11 is 6.18. The van der Waals surface area contributed by atoms with E-state index in [1.165, 1.54) is 18.0 Å². The number of halogens is 1. The smallest absolute Gasteiger partial charge is 0.329 e. The second-order valence-electron chi connectivity index (χ2n) is 8.38. The van der Waals surface area contributed by atoms with Gasteiger partial charge in [-0.25, -0.2) is 10.1 Å². The Hall–Kier alpha value is -4.83. The normalized spacial score (nSPS) is 10.9. The van der Waals surface area contributed by atoms with E-state index in [0.717, 1.165) is 5.56 Å². The van der Waals surface area contributed by atoms with Crippen molar-refractivity contribution in [3.05, 3.63) is 105 Å². The zero-order chi connectivity index (χ0) is 27.9. The minimum atomic E-state index is -1.04. The number of methoxy groups -OCH3 is 1. The lowest BCUT2D eigenvalue weighted by Gasteiger charge is -2.12. The van der Waals surface area contributed by atoms with Crippen molar-refractivity contribution >= 4 is 35.3 Å². The molecule has 39 heavy (non-hydrogen) atoms. The van der Waals surface area contributed by atoms with Crippen LogP contribution >= 0.6 is 11.6 Å². The van der Waals surface area contributed by atoms with Crippen molar-refractivity contribution in [3.8, 4) is 17.2 Å². The lowest BCUT2D eigenvalue weighted by atomic mass is 10.2. The van der Waals surface area contributed by atoms with Gasteiger partial charge in [-0.15, -0.1) is 0 Å². The molecule has 0 aliphatic heterocycles. The molecule has 0 saturated carbocycles. The molecule has 0 aliphatic carbocycles. The van der Waals surface area contributed by atoms with Gasteiger partial charge < -0.3 is 14.8 Å². The summed E-state index contributed by atoms with van der Waals surface area (Å²) in [6.07, 6.45) is 1.35. The lowest BCUT2D eigenvalue weighted by Crippen LogP contribution is -2.34. The Morgan fingerprint density at radius 1 is 1.00 bits per heavy atom. The van der Waals surface area contributed by atoms with Crippen LogP contribution in [-0.2, 0) is 23.2 Å². The van der Waals surface area contributed by atoms with Gasteiger partial charge in [0.15, 0.2) is 11.5 Å². The highest BCUT2D eigenvalue weighted by molar-refractivity contribution is 6.39. The summed E-state index contributed by atoms with van der Waals surface area (Å²) in [6.45, 7) is 1.92. The van der Waals surface area contributed by atoms with Gasteiger partial charge in [-0.1, -0.05) is 48.0 Å². The Labute approximate surface area is 229 Å². The summed E-state index contributed by atoms with van der Waals surface area (Å²) in [5.41, 5.74) is 4.23. The molecule has 0 fully saturated rings. The molecule has 1 aromatic heterocycles. The number of rotatable bonds is 8. The summed E-state index contributed by atoms with van der Waals surface area (Å²) in [4.78, 5) is 37.7. The highest BCUT2D eigenvalue weighted by Gasteiger charge is 2.21. The van der Waals surface area contributed by atoms with E-state index in [4.69, 9.17) is 21.1 Å². The Bertz CT molecular complexity index is 1590. The first kappa shape index (κ1) is 27.2. The Morgan fingerprint density at radius 3 is 2.44 bits per heavy atom. The van der Waals surface area contributed by atoms with Crippen LogP contribution in [0.4, 0.5) is 5.69 Å². The molecule has 1 heterocycles. The molecule has 0 atom stereocenters. The van der Waals surface area contributed by atoms with Crippen molar-refractivity contribution in [2.45, 2.75) is 13.5 Å². The van der Waals surface area contributed by atoms with E-state index in [-0.39, 0.29) is 12.3 Å². The summed E-state index contributed by atoms with van der Waals surface area (Å²) < 4.78 is 14.2. The molecule has 0 aliphatic rings. The molecule has 3 aromatic carbocycles. The summed E-state index contributed by atoms with van der Waals surface area (Å²) in [6, 6.07) is 21.4. The summed E-state index contributed by atoms with van der Waals surface area (Å²) in [5.74, 6) is -1.12. The average molecular weight is 548 g/mol. The standard InChI is InChI=1S/C28H26ClN5O5/c1-18-25(28(37)34(33(18)2)21-10-5-4-6-11-21)31-26(35)27(36)32-30-16-19-13-14-23(24(15-19)38-3)39-17-20-9-7-8-12-22(20)29/h4-16H,17H2,1-3H3,(H,31,35)(H,32,36)/b30-16+. The molecule has 0 saturated heterocycles. The lowest BCUT2D eigenvalue weighted by molar-refractivity contribution is -0.136. The van der Waals surface area contributed by atoms with Gasteiger partial charge in [-0.05, 0) is 48.9 Å². The first-order chi connectivity index (χ1) is 18.8. The number of ether oxygens (including phenoxy) is 2. The van der Waals surface area contributed by atoms with Crippen LogP contribution in [-0.4, -0.2) is 34.5 Å². The predicted molar refractivity (Wildman–Crippen MR) is 149 cm³/mol. The molecule has 11 heteroatoms. The number of anilines is 1. The number of nitrogens with one attached hydrogen (secondary N) is 2. The summed E-state index contributed by atoms with van der Waals surface area (Å²) in [5, 5.41) is 6.83. The van der Waals surface area contributed by atoms with Crippen LogP contribution in [0.25, 0.3) is 5.69 Å². The Morgan fingerprint density at radius 2 is 1.72 bits per heavy atom. The Kier molecular flexibility index (Phi) is 8.47. The van der Waals surface area contributed by atoms with Gasteiger partial charge in [0.1, 0.15) is 12.3 Å². The van der Waals surface area contributed by atoms with Gasteiger partial charge >= 0.3 is 11.8 Å². The minimum Gasteiger partial charge on any atom is -0.493 e. The van der Waals surface area contributed by atoms with Crippen LogP contribution in [0.1, 0.15) is 16.8 Å². The van der Waals surface area contributed by atoms with E-state index >= 15 is 0 Å². The third-order valence-corrected chi connectivity index (χ3v) is 6.28. The topological polar surface area (TPSA) is 116 Å². The van der Waals surface area contributed by atoms with Crippen LogP contribution in [0.5, 0.6) is 11.5 Å². The third kappa shape index (κ3) is 6.19. The zero-order valence-electron chi connectivity index (χ0n) is 21.5. The summed E-state index contributed by atoms with van der Waals surface area (Å²) in [7, 11) is 3.19. The molecule has 0 radical (unpaired) electrons. The number of amides is 2. The maximum absolute atomic E-state index is 12.9. The van der Waals surface area contributed by atoms with Gasteiger partial charge in [-0.3, -0.25) is 19.1 Å².